The molecule has 0 radical (unpaired) electrons. The van der Waals surface area contributed by atoms with Gasteiger partial charge in [-0.15, -0.1) is 0 Å². The zero-order valence-corrected chi connectivity index (χ0v) is 14.8. The Hall–Kier alpha value is -2.14. The summed E-state index contributed by atoms with van der Waals surface area (Å²) >= 11 is 5.58. The number of hydrogen-bond acceptors (Lipinski definition) is 3. The summed E-state index contributed by atoms with van der Waals surface area (Å²) in [4.78, 5) is 23.6. The molecule has 2 fully saturated rings. The molecule has 0 aliphatic carbocycles. The molecular weight excluding hydrogens is 413 g/mol. The highest BCUT2D eigenvalue weighted by atomic mass is 35.5. The predicted molar refractivity (Wildman–Crippen MR) is 86.5 cm³/mol. The number of alkyl halides is 3. The number of hydrogen-bond donors (Lipinski definition) is 3. The lowest BCUT2D eigenvalue weighted by Crippen LogP contribution is -2.46. The molecule has 1 aromatic rings. The summed E-state index contributed by atoms with van der Waals surface area (Å²) < 4.78 is 71.6. The Balaban J connectivity index is 1.88. The van der Waals surface area contributed by atoms with Crippen LogP contribution < -0.4 is 16.0 Å². The quantitative estimate of drug-likeness (QED) is 0.510. The van der Waals surface area contributed by atoms with Crippen LogP contribution in [0.2, 0.25) is 5.02 Å². The Kier molecular flexibility index (Phi) is 5.67. The van der Waals surface area contributed by atoms with Gasteiger partial charge in [0.2, 0.25) is 5.91 Å². The van der Waals surface area contributed by atoms with E-state index in [9.17, 15) is 31.5 Å². The van der Waals surface area contributed by atoms with Crippen molar-refractivity contribution in [2.75, 3.05) is 13.2 Å². The van der Waals surface area contributed by atoms with Crippen LogP contribution in [0.15, 0.2) is 12.1 Å². The largest absolute Gasteiger partial charge is 0.414 e. The molecule has 0 saturated carbocycles. The maximum absolute atomic E-state index is 14.5. The number of urea groups is 1. The molecule has 0 bridgehead atoms. The molecule has 3 rings (SSSR count). The fourth-order valence-corrected chi connectivity index (χ4v) is 3.38. The number of nitrogens with one attached hydrogen (secondary N) is 3. The first-order valence-electron chi connectivity index (χ1n) is 8.24. The third-order valence-corrected chi connectivity index (χ3v) is 5.00. The van der Waals surface area contributed by atoms with E-state index in [0.29, 0.717) is 0 Å². The molecule has 3 N–H and O–H groups in total. The van der Waals surface area contributed by atoms with Gasteiger partial charge in [-0.2, -0.15) is 13.2 Å². The van der Waals surface area contributed by atoms with Crippen molar-refractivity contribution in [1.29, 1.82) is 0 Å². The zero-order valence-electron chi connectivity index (χ0n) is 14.1. The topological polar surface area (TPSA) is 79.5 Å². The molecule has 3 amide bonds. The molecule has 2 saturated heterocycles. The second kappa shape index (κ2) is 7.70. The van der Waals surface area contributed by atoms with E-state index in [2.05, 4.69) is 16.0 Å². The smallest absolute Gasteiger partial charge is 0.368 e. The van der Waals surface area contributed by atoms with Gasteiger partial charge in [0.15, 0.2) is 6.10 Å². The molecular formula is C16H15ClF5N3O3. The van der Waals surface area contributed by atoms with Crippen LogP contribution in [0.25, 0.3) is 0 Å². The molecule has 2 aliphatic heterocycles. The molecule has 28 heavy (non-hydrogen) atoms. The van der Waals surface area contributed by atoms with Crippen LogP contribution in [0.4, 0.5) is 26.7 Å². The summed E-state index contributed by atoms with van der Waals surface area (Å²) in [5.41, 5.74) is -0.270. The fourth-order valence-electron chi connectivity index (χ4n) is 3.21. The fraction of sp³-hybridized carbons (Fsp3) is 0.500. The SMILES string of the molecule is O=C1NCC(C(=O)NC(c2ccc(F)c(Cl)c2F)C2COC(C(F)(F)F)C2)N1. The first kappa shape index (κ1) is 20.6. The summed E-state index contributed by atoms with van der Waals surface area (Å²) in [7, 11) is 0. The van der Waals surface area contributed by atoms with Crippen molar-refractivity contribution in [3.63, 3.8) is 0 Å². The average molecular weight is 428 g/mol. The Morgan fingerprint density at radius 2 is 2.04 bits per heavy atom. The minimum atomic E-state index is -4.62. The van der Waals surface area contributed by atoms with E-state index in [0.717, 1.165) is 12.1 Å². The van der Waals surface area contributed by atoms with Crippen LogP contribution >= 0.6 is 11.6 Å². The maximum Gasteiger partial charge on any atom is 0.414 e. The molecule has 0 aromatic heterocycles. The van der Waals surface area contributed by atoms with Crippen LogP contribution in [0.5, 0.6) is 0 Å². The van der Waals surface area contributed by atoms with Crippen LogP contribution in [0.1, 0.15) is 18.0 Å². The molecule has 2 heterocycles. The van der Waals surface area contributed by atoms with Crippen LogP contribution in [-0.2, 0) is 9.53 Å². The average Bonchev–Trinajstić information content (AvgIpc) is 3.27. The third-order valence-electron chi connectivity index (χ3n) is 4.65. The summed E-state index contributed by atoms with van der Waals surface area (Å²) in [5, 5.41) is 6.28. The summed E-state index contributed by atoms with van der Waals surface area (Å²) in [6.07, 6.45) is -7.21. The van der Waals surface area contributed by atoms with E-state index < -0.39 is 71.9 Å². The van der Waals surface area contributed by atoms with Crippen LogP contribution in [0, 0.1) is 17.6 Å². The lowest BCUT2D eigenvalue weighted by Gasteiger charge is -2.26. The van der Waals surface area contributed by atoms with Gasteiger partial charge in [0.05, 0.1) is 12.6 Å². The van der Waals surface area contributed by atoms with Gasteiger partial charge in [-0.3, -0.25) is 4.79 Å². The molecule has 4 atom stereocenters. The molecule has 2 aliphatic rings. The van der Waals surface area contributed by atoms with Crippen molar-refractivity contribution in [3.05, 3.63) is 34.4 Å². The lowest BCUT2D eigenvalue weighted by atomic mass is 9.90. The summed E-state index contributed by atoms with van der Waals surface area (Å²) in [5.74, 6) is -3.91. The van der Waals surface area contributed by atoms with Gasteiger partial charge in [0.1, 0.15) is 22.7 Å². The number of amides is 3. The highest BCUT2D eigenvalue weighted by molar-refractivity contribution is 6.31. The van der Waals surface area contributed by atoms with Gasteiger partial charge in [-0.25, -0.2) is 13.6 Å². The molecule has 154 valence electrons. The Bertz CT molecular complexity index is 792. The Morgan fingerprint density at radius 1 is 1.32 bits per heavy atom. The number of carbonyl (C=O) groups excluding carboxylic acids is 2. The van der Waals surface area contributed by atoms with E-state index in [1.54, 1.807) is 0 Å². The van der Waals surface area contributed by atoms with Crippen LogP contribution in [0.3, 0.4) is 0 Å². The lowest BCUT2D eigenvalue weighted by molar-refractivity contribution is -0.206. The van der Waals surface area contributed by atoms with Crippen molar-refractivity contribution in [2.45, 2.75) is 30.8 Å². The van der Waals surface area contributed by atoms with Gasteiger partial charge in [0, 0.05) is 18.0 Å². The van der Waals surface area contributed by atoms with Gasteiger partial charge in [0.25, 0.3) is 0 Å². The number of benzene rings is 1. The van der Waals surface area contributed by atoms with Crippen LogP contribution in [-0.4, -0.2) is 43.4 Å². The van der Waals surface area contributed by atoms with Gasteiger partial charge in [-0.1, -0.05) is 17.7 Å². The zero-order chi connectivity index (χ0) is 20.6. The molecule has 12 heteroatoms. The minimum absolute atomic E-state index is 0.0453. The minimum Gasteiger partial charge on any atom is -0.368 e. The third kappa shape index (κ3) is 4.14. The van der Waals surface area contributed by atoms with E-state index in [-0.39, 0.29) is 12.1 Å². The van der Waals surface area contributed by atoms with E-state index in [1.807, 2.05) is 0 Å². The van der Waals surface area contributed by atoms with E-state index in [1.165, 1.54) is 0 Å². The van der Waals surface area contributed by atoms with Crippen molar-refractivity contribution in [3.8, 4) is 0 Å². The normalized spacial score (nSPS) is 25.9. The Labute approximate surface area is 160 Å². The summed E-state index contributed by atoms with van der Waals surface area (Å²) in [6.45, 7) is -0.449. The van der Waals surface area contributed by atoms with Crippen molar-refractivity contribution in [2.24, 2.45) is 5.92 Å². The molecule has 4 unspecified atom stereocenters. The number of ether oxygens (including phenoxy) is 1. The standard InChI is InChI=1S/C16H15ClF5N3O3/c17-11-8(18)2-1-7(12(11)19)13(6-3-10(28-5-6)16(20,21)22)25-14(26)9-4-23-15(27)24-9/h1-2,6,9-10,13H,3-5H2,(H,25,26)(H2,23,24,27). The van der Waals surface area contributed by atoms with Crippen molar-refractivity contribution in [1.82, 2.24) is 16.0 Å². The van der Waals surface area contributed by atoms with Crippen molar-refractivity contribution >= 4 is 23.5 Å². The molecule has 0 spiro atoms. The van der Waals surface area contributed by atoms with E-state index >= 15 is 0 Å². The van der Waals surface area contributed by atoms with Gasteiger partial charge >= 0.3 is 12.2 Å². The maximum atomic E-state index is 14.5. The molecule has 6 nitrogen and oxygen atoms in total. The first-order valence-corrected chi connectivity index (χ1v) is 8.62. The van der Waals surface area contributed by atoms with Crippen molar-refractivity contribution < 1.29 is 36.3 Å². The number of carbonyl (C=O) groups is 2. The Morgan fingerprint density at radius 3 is 2.61 bits per heavy atom. The van der Waals surface area contributed by atoms with E-state index in [4.69, 9.17) is 16.3 Å². The number of halogens is 6. The highest BCUT2D eigenvalue weighted by Crippen LogP contribution is 2.40. The van der Waals surface area contributed by atoms with Gasteiger partial charge < -0.3 is 20.7 Å². The molecule has 1 aromatic carbocycles. The monoisotopic (exact) mass is 427 g/mol. The second-order valence-electron chi connectivity index (χ2n) is 6.52. The highest BCUT2D eigenvalue weighted by Gasteiger charge is 2.48. The first-order chi connectivity index (χ1) is 13.1. The number of rotatable bonds is 4. The van der Waals surface area contributed by atoms with Gasteiger partial charge in [-0.05, 0) is 12.5 Å². The predicted octanol–water partition coefficient (Wildman–Crippen LogP) is 2.42. The second-order valence-corrected chi connectivity index (χ2v) is 6.90. The summed E-state index contributed by atoms with van der Waals surface area (Å²) in [6, 6.07) is -0.983.